The van der Waals surface area contributed by atoms with Gasteiger partial charge in [-0.05, 0) is 30.5 Å². The number of aliphatic carboxylic acids is 1. The molecule has 1 fully saturated rings. The van der Waals surface area contributed by atoms with Crippen LogP contribution in [0, 0.1) is 5.92 Å². The number of fused-ring (bicyclic) bond motifs is 1. The van der Waals surface area contributed by atoms with Crippen molar-refractivity contribution >= 4 is 23.5 Å². The number of carboxylic acid groups (broad SMARTS) is 1. The van der Waals surface area contributed by atoms with Crippen LogP contribution in [0.1, 0.15) is 34.5 Å². The Labute approximate surface area is 156 Å². The Morgan fingerprint density at radius 1 is 1.22 bits per heavy atom. The van der Waals surface area contributed by atoms with Crippen LogP contribution < -0.4 is 4.90 Å². The molecule has 1 atom stereocenters. The number of benzene rings is 1. The second kappa shape index (κ2) is 6.90. The van der Waals surface area contributed by atoms with Gasteiger partial charge in [0.25, 0.3) is 5.91 Å². The molecule has 7 heteroatoms. The highest BCUT2D eigenvalue weighted by molar-refractivity contribution is 6.01. The van der Waals surface area contributed by atoms with E-state index in [4.69, 9.17) is 4.42 Å². The first-order chi connectivity index (χ1) is 13.0. The molecule has 3 heterocycles. The van der Waals surface area contributed by atoms with E-state index in [1.54, 1.807) is 11.0 Å². The maximum atomic E-state index is 12.9. The fourth-order valence-electron chi connectivity index (χ4n) is 3.81. The van der Waals surface area contributed by atoms with E-state index in [-0.39, 0.29) is 30.7 Å². The first kappa shape index (κ1) is 17.3. The third-order valence-electron chi connectivity index (χ3n) is 5.25. The number of nitrogens with zero attached hydrogens (tertiary/aromatic N) is 2. The predicted octanol–water partition coefficient (Wildman–Crippen LogP) is 2.31. The van der Waals surface area contributed by atoms with Crippen molar-refractivity contribution in [3.05, 3.63) is 53.5 Å². The molecular weight excluding hydrogens is 348 g/mol. The number of carboxylic acids is 1. The van der Waals surface area contributed by atoms with Crippen LogP contribution in [0.25, 0.3) is 0 Å². The van der Waals surface area contributed by atoms with Gasteiger partial charge in [0, 0.05) is 24.3 Å². The van der Waals surface area contributed by atoms with Crippen LogP contribution in [0.5, 0.6) is 0 Å². The second-order valence-electron chi connectivity index (χ2n) is 6.99. The SMILES string of the molecule is O=C(O)C1CCCN(C(=O)c2occc2CN2C(=O)Cc3ccccc32)C1. The van der Waals surface area contributed by atoms with Crippen molar-refractivity contribution in [2.24, 2.45) is 5.92 Å². The quantitative estimate of drug-likeness (QED) is 0.894. The summed E-state index contributed by atoms with van der Waals surface area (Å²) in [6.45, 7) is 0.942. The van der Waals surface area contributed by atoms with Crippen LogP contribution in [0.15, 0.2) is 41.0 Å². The molecule has 2 aliphatic rings. The third-order valence-corrected chi connectivity index (χ3v) is 5.25. The van der Waals surface area contributed by atoms with Gasteiger partial charge < -0.3 is 19.3 Å². The zero-order chi connectivity index (χ0) is 19.0. The maximum Gasteiger partial charge on any atom is 0.308 e. The molecule has 0 spiro atoms. The predicted molar refractivity (Wildman–Crippen MR) is 96.3 cm³/mol. The van der Waals surface area contributed by atoms with E-state index in [0.717, 1.165) is 11.3 Å². The van der Waals surface area contributed by atoms with E-state index in [0.29, 0.717) is 31.4 Å². The standard InChI is InChI=1S/C20H20N2O5/c23-17-10-13-4-1-2-6-16(13)22(17)12-14-7-9-27-18(14)19(24)21-8-3-5-15(11-21)20(25)26/h1-2,4,6-7,9,15H,3,5,8,10-12H2,(H,25,26). The van der Waals surface area contributed by atoms with Crippen molar-refractivity contribution in [2.75, 3.05) is 18.0 Å². The first-order valence-electron chi connectivity index (χ1n) is 9.01. The molecule has 2 aliphatic heterocycles. The highest BCUT2D eigenvalue weighted by Crippen LogP contribution is 2.31. The topological polar surface area (TPSA) is 91.1 Å². The number of hydrogen-bond donors (Lipinski definition) is 1. The molecule has 140 valence electrons. The number of hydrogen-bond acceptors (Lipinski definition) is 4. The molecule has 0 aliphatic carbocycles. The van der Waals surface area contributed by atoms with Crippen molar-refractivity contribution in [1.82, 2.24) is 4.90 Å². The van der Waals surface area contributed by atoms with Crippen LogP contribution in [0.4, 0.5) is 5.69 Å². The van der Waals surface area contributed by atoms with E-state index in [9.17, 15) is 19.5 Å². The van der Waals surface area contributed by atoms with E-state index in [1.165, 1.54) is 11.2 Å². The number of rotatable bonds is 4. The molecule has 0 saturated carbocycles. The average Bonchev–Trinajstić information content (AvgIpc) is 3.26. The van der Waals surface area contributed by atoms with Gasteiger partial charge in [-0.25, -0.2) is 0 Å². The van der Waals surface area contributed by atoms with Gasteiger partial charge in [0.2, 0.25) is 5.91 Å². The van der Waals surface area contributed by atoms with Crippen LogP contribution in [0.2, 0.25) is 0 Å². The minimum Gasteiger partial charge on any atom is -0.481 e. The normalized spacial score (nSPS) is 19.3. The van der Waals surface area contributed by atoms with Crippen molar-refractivity contribution in [3.63, 3.8) is 0 Å². The monoisotopic (exact) mass is 368 g/mol. The molecule has 0 bridgehead atoms. The number of para-hydroxylation sites is 1. The molecule has 2 aromatic rings. The van der Waals surface area contributed by atoms with Crippen LogP contribution >= 0.6 is 0 Å². The van der Waals surface area contributed by atoms with Gasteiger partial charge in [-0.3, -0.25) is 14.4 Å². The summed E-state index contributed by atoms with van der Waals surface area (Å²) >= 11 is 0. The summed E-state index contributed by atoms with van der Waals surface area (Å²) in [5.41, 5.74) is 2.45. The highest BCUT2D eigenvalue weighted by Gasteiger charge is 2.33. The Hall–Kier alpha value is -3.09. The molecule has 1 saturated heterocycles. The van der Waals surface area contributed by atoms with Gasteiger partial charge in [-0.2, -0.15) is 0 Å². The van der Waals surface area contributed by atoms with Crippen molar-refractivity contribution in [1.29, 1.82) is 0 Å². The lowest BCUT2D eigenvalue weighted by molar-refractivity contribution is -0.143. The zero-order valence-corrected chi connectivity index (χ0v) is 14.8. The van der Waals surface area contributed by atoms with Crippen LogP contribution in [-0.4, -0.2) is 40.9 Å². The lowest BCUT2D eigenvalue weighted by atomic mass is 9.98. The molecule has 27 heavy (non-hydrogen) atoms. The lowest BCUT2D eigenvalue weighted by Gasteiger charge is -2.30. The van der Waals surface area contributed by atoms with E-state index in [1.807, 2.05) is 24.3 Å². The Morgan fingerprint density at radius 3 is 2.85 bits per heavy atom. The van der Waals surface area contributed by atoms with Crippen molar-refractivity contribution < 1.29 is 23.9 Å². The van der Waals surface area contributed by atoms with E-state index in [2.05, 4.69) is 0 Å². The maximum absolute atomic E-state index is 12.9. The third kappa shape index (κ3) is 3.20. The van der Waals surface area contributed by atoms with E-state index >= 15 is 0 Å². The molecule has 1 unspecified atom stereocenters. The van der Waals surface area contributed by atoms with Gasteiger partial charge in [0.1, 0.15) is 0 Å². The molecule has 1 N–H and O–H groups in total. The van der Waals surface area contributed by atoms with E-state index < -0.39 is 11.9 Å². The molecule has 0 radical (unpaired) electrons. The van der Waals surface area contributed by atoms with Gasteiger partial charge in [0.15, 0.2) is 5.76 Å². The number of amides is 2. The summed E-state index contributed by atoms with van der Waals surface area (Å²) in [4.78, 5) is 39.7. The number of carbonyl (C=O) groups excluding carboxylic acids is 2. The molecule has 7 nitrogen and oxygen atoms in total. The minimum absolute atomic E-state index is 0.0142. The number of piperidine rings is 1. The summed E-state index contributed by atoms with van der Waals surface area (Å²) < 4.78 is 5.43. The number of furan rings is 1. The number of likely N-dealkylation sites (tertiary alicyclic amines) is 1. The van der Waals surface area contributed by atoms with Crippen LogP contribution in [-0.2, 0) is 22.6 Å². The molecule has 2 amide bonds. The van der Waals surface area contributed by atoms with Gasteiger partial charge in [-0.1, -0.05) is 18.2 Å². The molecule has 1 aromatic carbocycles. The molecule has 4 rings (SSSR count). The summed E-state index contributed by atoms with van der Waals surface area (Å²) in [7, 11) is 0. The van der Waals surface area contributed by atoms with Crippen molar-refractivity contribution in [2.45, 2.75) is 25.8 Å². The number of anilines is 1. The fraction of sp³-hybridized carbons (Fsp3) is 0.350. The van der Waals surface area contributed by atoms with Gasteiger partial charge in [-0.15, -0.1) is 0 Å². The number of carbonyl (C=O) groups is 3. The summed E-state index contributed by atoms with van der Waals surface area (Å²) in [6, 6.07) is 9.29. The van der Waals surface area contributed by atoms with Gasteiger partial charge in [0.05, 0.1) is 25.1 Å². The Morgan fingerprint density at radius 2 is 2.04 bits per heavy atom. The van der Waals surface area contributed by atoms with Crippen molar-refractivity contribution in [3.8, 4) is 0 Å². The summed E-state index contributed by atoms with van der Waals surface area (Å²) in [5, 5.41) is 9.23. The Balaban J connectivity index is 1.54. The Kier molecular flexibility index (Phi) is 4.43. The minimum atomic E-state index is -0.883. The molecule has 1 aromatic heterocycles. The van der Waals surface area contributed by atoms with Gasteiger partial charge >= 0.3 is 5.97 Å². The molecular formula is C20H20N2O5. The first-order valence-corrected chi connectivity index (χ1v) is 9.01. The average molecular weight is 368 g/mol. The Bertz CT molecular complexity index is 903. The zero-order valence-electron chi connectivity index (χ0n) is 14.8. The lowest BCUT2D eigenvalue weighted by Crippen LogP contribution is -2.42. The summed E-state index contributed by atoms with van der Waals surface area (Å²) in [5.74, 6) is -1.58. The highest BCUT2D eigenvalue weighted by atomic mass is 16.4. The largest absolute Gasteiger partial charge is 0.481 e. The second-order valence-corrected chi connectivity index (χ2v) is 6.99. The smallest absolute Gasteiger partial charge is 0.308 e. The fourth-order valence-corrected chi connectivity index (χ4v) is 3.81. The van der Waals surface area contributed by atoms with Crippen LogP contribution in [0.3, 0.4) is 0 Å². The summed E-state index contributed by atoms with van der Waals surface area (Å²) in [6.07, 6.45) is 3.01.